The van der Waals surface area contributed by atoms with E-state index in [1.54, 1.807) is 28.5 Å². The maximum absolute atomic E-state index is 13.3. The topological polar surface area (TPSA) is 93.8 Å². The number of fused-ring (bicyclic) bond motifs is 1. The fourth-order valence-corrected chi connectivity index (χ4v) is 7.37. The number of ether oxygens (including phenoxy) is 1. The van der Waals surface area contributed by atoms with Crippen molar-refractivity contribution in [3.05, 3.63) is 46.1 Å². The van der Waals surface area contributed by atoms with Crippen molar-refractivity contribution in [3.8, 4) is 0 Å². The van der Waals surface area contributed by atoms with Gasteiger partial charge in [-0.15, -0.1) is 0 Å². The van der Waals surface area contributed by atoms with Crippen molar-refractivity contribution in [1.29, 1.82) is 0 Å². The molecule has 200 valence electrons. The fourth-order valence-electron chi connectivity index (χ4n) is 5.12. The summed E-state index contributed by atoms with van der Waals surface area (Å²) >= 11 is 7.87. The molecule has 0 radical (unpaired) electrons. The molecule has 2 aliphatic heterocycles. The van der Waals surface area contributed by atoms with Crippen LogP contribution >= 0.6 is 23.4 Å². The van der Waals surface area contributed by atoms with E-state index in [1.165, 1.54) is 11.8 Å². The molecule has 1 N–H and O–H groups in total. The zero-order valence-electron chi connectivity index (χ0n) is 21.7. The maximum Gasteiger partial charge on any atom is 0.268 e. The highest BCUT2D eigenvalue weighted by Gasteiger charge is 2.50. The summed E-state index contributed by atoms with van der Waals surface area (Å²) in [4.78, 5) is 21.4. The number of rotatable bonds is 5. The van der Waals surface area contributed by atoms with Crippen LogP contribution in [0.15, 0.2) is 45.3 Å². The summed E-state index contributed by atoms with van der Waals surface area (Å²) in [5.41, 5.74) is 0.589. The molecular weight excluding hydrogens is 532 g/mol. The Kier molecular flexibility index (Phi) is 7.21. The van der Waals surface area contributed by atoms with E-state index in [-0.39, 0.29) is 27.9 Å². The summed E-state index contributed by atoms with van der Waals surface area (Å²) in [5.74, 6) is 0.649. The van der Waals surface area contributed by atoms with Gasteiger partial charge in [0.2, 0.25) is 5.95 Å². The van der Waals surface area contributed by atoms with Crippen LogP contribution in [-0.4, -0.2) is 60.0 Å². The molecule has 3 aromatic heterocycles. The van der Waals surface area contributed by atoms with E-state index in [2.05, 4.69) is 26.6 Å². The summed E-state index contributed by atoms with van der Waals surface area (Å²) in [6, 6.07) is 3.71. The first kappa shape index (κ1) is 26.7. The number of hydrogen-bond acceptors (Lipinski definition) is 7. The van der Waals surface area contributed by atoms with Crippen molar-refractivity contribution in [2.45, 2.75) is 67.2 Å². The van der Waals surface area contributed by atoms with Gasteiger partial charge < -0.3 is 9.64 Å². The van der Waals surface area contributed by atoms with E-state index in [9.17, 15) is 9.00 Å². The standard InChI is InChI=1S/C25H33ClN6O3S2/c1-16-21(29-37(34)24(2,3)4)25(15-35-16)8-12-31(13-9-25)23-27-14-19(22(33)30(23)5)36-18-7-11-32-17(20(18)26)6-10-28-32/h6-7,10-11,14,16,21,29H,8-9,12-13,15H2,1-5H3/t16-,21+,37-/m0/s1. The van der Waals surface area contributed by atoms with Crippen molar-refractivity contribution < 1.29 is 8.95 Å². The molecule has 0 unspecified atom stereocenters. The Labute approximate surface area is 228 Å². The van der Waals surface area contributed by atoms with Crippen LogP contribution in [0.1, 0.15) is 40.5 Å². The lowest BCUT2D eigenvalue weighted by atomic mass is 9.73. The summed E-state index contributed by atoms with van der Waals surface area (Å²) in [7, 11) is 0.590. The largest absolute Gasteiger partial charge is 0.376 e. The van der Waals surface area contributed by atoms with Crippen LogP contribution in [0.2, 0.25) is 5.02 Å². The second-order valence-electron chi connectivity index (χ2n) is 10.9. The molecular formula is C25H33ClN6O3S2. The molecule has 0 bridgehead atoms. The van der Waals surface area contributed by atoms with Crippen LogP contribution in [0.4, 0.5) is 5.95 Å². The summed E-state index contributed by atoms with van der Waals surface area (Å²) in [6.45, 7) is 10.1. The van der Waals surface area contributed by atoms with Gasteiger partial charge in [0.25, 0.3) is 5.56 Å². The molecule has 2 saturated heterocycles. The van der Waals surface area contributed by atoms with Crippen molar-refractivity contribution in [3.63, 3.8) is 0 Å². The highest BCUT2D eigenvalue weighted by Crippen LogP contribution is 2.43. The second-order valence-corrected chi connectivity index (χ2v) is 14.3. The first-order valence-electron chi connectivity index (χ1n) is 12.4. The Morgan fingerprint density at radius 3 is 2.68 bits per heavy atom. The number of piperidine rings is 1. The quantitative estimate of drug-likeness (QED) is 0.505. The Morgan fingerprint density at radius 1 is 1.24 bits per heavy atom. The van der Waals surface area contributed by atoms with Crippen LogP contribution in [0, 0.1) is 5.41 Å². The van der Waals surface area contributed by atoms with Crippen molar-refractivity contribution in [2.24, 2.45) is 12.5 Å². The van der Waals surface area contributed by atoms with E-state index in [1.807, 2.05) is 39.1 Å². The van der Waals surface area contributed by atoms with Gasteiger partial charge in [0, 0.05) is 36.6 Å². The zero-order valence-corrected chi connectivity index (χ0v) is 24.1. The number of halogens is 1. The number of hydrogen-bond donors (Lipinski definition) is 1. The summed E-state index contributed by atoms with van der Waals surface area (Å²) < 4.78 is 25.3. The van der Waals surface area contributed by atoms with Gasteiger partial charge in [-0.05, 0) is 52.7 Å². The number of aromatic nitrogens is 4. The van der Waals surface area contributed by atoms with Gasteiger partial charge in [0.1, 0.15) is 0 Å². The lowest BCUT2D eigenvalue weighted by molar-refractivity contribution is 0.0972. The molecule has 5 heterocycles. The van der Waals surface area contributed by atoms with E-state index in [0.717, 1.165) is 36.3 Å². The minimum absolute atomic E-state index is 0.00903. The van der Waals surface area contributed by atoms with Crippen molar-refractivity contribution in [1.82, 2.24) is 23.9 Å². The third-order valence-corrected chi connectivity index (χ3v) is 10.6. The third-order valence-electron chi connectivity index (χ3n) is 7.41. The summed E-state index contributed by atoms with van der Waals surface area (Å²) in [5, 5.41) is 4.75. The minimum atomic E-state index is -1.17. The average Bonchev–Trinajstić information content (AvgIpc) is 3.45. The maximum atomic E-state index is 13.3. The zero-order chi connectivity index (χ0) is 26.5. The normalized spacial score (nSPS) is 22.7. The van der Waals surface area contributed by atoms with Gasteiger partial charge in [0.15, 0.2) is 0 Å². The highest BCUT2D eigenvalue weighted by atomic mass is 35.5. The molecule has 9 nitrogen and oxygen atoms in total. The van der Waals surface area contributed by atoms with Gasteiger partial charge in [-0.2, -0.15) is 5.10 Å². The molecule has 2 aliphatic rings. The van der Waals surface area contributed by atoms with Gasteiger partial charge in [-0.25, -0.2) is 18.4 Å². The van der Waals surface area contributed by atoms with Crippen LogP contribution < -0.4 is 15.2 Å². The monoisotopic (exact) mass is 564 g/mol. The van der Waals surface area contributed by atoms with E-state index >= 15 is 0 Å². The molecule has 3 atom stereocenters. The smallest absolute Gasteiger partial charge is 0.268 e. The van der Waals surface area contributed by atoms with Crippen LogP contribution in [-0.2, 0) is 22.8 Å². The van der Waals surface area contributed by atoms with Gasteiger partial charge in [0.05, 0.1) is 62.3 Å². The molecule has 37 heavy (non-hydrogen) atoms. The minimum Gasteiger partial charge on any atom is -0.376 e. The number of nitrogens with one attached hydrogen (secondary N) is 1. The van der Waals surface area contributed by atoms with E-state index in [4.69, 9.17) is 16.3 Å². The van der Waals surface area contributed by atoms with Crippen molar-refractivity contribution in [2.75, 3.05) is 24.6 Å². The molecule has 1 spiro atoms. The first-order chi connectivity index (χ1) is 17.5. The summed E-state index contributed by atoms with van der Waals surface area (Å²) in [6.07, 6.45) is 6.88. The van der Waals surface area contributed by atoms with E-state index < -0.39 is 11.0 Å². The van der Waals surface area contributed by atoms with Crippen LogP contribution in [0.25, 0.3) is 5.52 Å². The lowest BCUT2D eigenvalue weighted by Crippen LogP contribution is -2.55. The lowest BCUT2D eigenvalue weighted by Gasteiger charge is -2.43. The van der Waals surface area contributed by atoms with E-state index in [0.29, 0.717) is 22.5 Å². The number of pyridine rings is 1. The molecule has 3 aromatic rings. The predicted molar refractivity (Wildman–Crippen MR) is 148 cm³/mol. The Morgan fingerprint density at radius 2 is 1.97 bits per heavy atom. The molecule has 5 rings (SSSR count). The average molecular weight is 565 g/mol. The Bertz CT molecular complexity index is 1390. The Balaban J connectivity index is 1.32. The number of nitrogens with zero attached hydrogens (tertiary/aromatic N) is 5. The molecule has 2 fully saturated rings. The highest BCUT2D eigenvalue weighted by molar-refractivity contribution is 7.99. The predicted octanol–water partition coefficient (Wildman–Crippen LogP) is 3.66. The van der Waals surface area contributed by atoms with Crippen LogP contribution in [0.5, 0.6) is 0 Å². The number of anilines is 1. The van der Waals surface area contributed by atoms with Gasteiger partial charge >= 0.3 is 0 Å². The SMILES string of the molecule is C[C@@H]1OCC2(CCN(c3ncc(Sc4ccn5nccc5c4Cl)c(=O)n3C)CC2)[C@@H]1N[S@@](=O)C(C)(C)C. The molecule has 0 aromatic carbocycles. The van der Waals surface area contributed by atoms with Crippen LogP contribution in [0.3, 0.4) is 0 Å². The molecule has 0 saturated carbocycles. The van der Waals surface area contributed by atoms with Gasteiger partial charge in [-0.3, -0.25) is 9.36 Å². The molecule has 12 heteroatoms. The second kappa shape index (κ2) is 10.00. The molecule has 0 amide bonds. The fraction of sp³-hybridized carbons (Fsp3) is 0.560. The van der Waals surface area contributed by atoms with Crippen molar-refractivity contribution >= 4 is 45.8 Å². The first-order valence-corrected chi connectivity index (χ1v) is 14.7. The Hall–Kier alpha value is -1.92. The molecule has 0 aliphatic carbocycles. The van der Waals surface area contributed by atoms with Gasteiger partial charge in [-0.1, -0.05) is 23.4 Å². The third kappa shape index (κ3) is 4.96.